The molecule has 3 N–H and O–H groups in total. The van der Waals surface area contributed by atoms with Crippen molar-refractivity contribution in [1.29, 1.82) is 0 Å². The van der Waals surface area contributed by atoms with E-state index in [1.165, 1.54) is 6.07 Å². The number of halogens is 2. The highest BCUT2D eigenvalue weighted by Gasteiger charge is 2.04. The smallest absolute Gasteiger partial charge is 0.193 e. The lowest BCUT2D eigenvalue weighted by molar-refractivity contribution is 0.415. The number of hydrogen-bond acceptors (Lipinski definition) is 3. The van der Waals surface area contributed by atoms with E-state index in [0.717, 1.165) is 28.3 Å². The van der Waals surface area contributed by atoms with Crippen LogP contribution in [0.4, 0.5) is 10.1 Å². The molecule has 0 aliphatic rings. The van der Waals surface area contributed by atoms with Gasteiger partial charge in [-0.2, -0.15) is 11.8 Å². The van der Waals surface area contributed by atoms with Crippen molar-refractivity contribution in [3.8, 4) is 5.75 Å². The number of aliphatic imine (C=N–C) groups is 1. The number of nitrogens with zero attached hydrogens (tertiary/aromatic N) is 1. The van der Waals surface area contributed by atoms with Crippen molar-refractivity contribution in [2.24, 2.45) is 10.7 Å². The predicted molar refractivity (Wildman–Crippen MR) is 111 cm³/mol. The first kappa shape index (κ1) is 20.6. The summed E-state index contributed by atoms with van der Waals surface area (Å²) in [5.41, 5.74) is 8.65. The summed E-state index contributed by atoms with van der Waals surface area (Å²) in [6, 6.07) is 12.1. The van der Waals surface area contributed by atoms with Crippen LogP contribution in [0.25, 0.3) is 0 Å². The molecule has 130 valence electrons. The number of anilines is 1. The Hall–Kier alpha value is -1.48. The molecule has 0 bridgehead atoms. The van der Waals surface area contributed by atoms with Crippen LogP contribution in [0.1, 0.15) is 11.1 Å². The van der Waals surface area contributed by atoms with Crippen LogP contribution < -0.4 is 15.8 Å². The molecule has 2 aromatic carbocycles. The van der Waals surface area contributed by atoms with Crippen molar-refractivity contribution in [3.05, 3.63) is 59.4 Å². The van der Waals surface area contributed by atoms with Gasteiger partial charge in [0, 0.05) is 11.4 Å². The zero-order chi connectivity index (χ0) is 16.7. The quantitative estimate of drug-likeness (QED) is 0.384. The zero-order valence-electron chi connectivity index (χ0n) is 13.6. The highest BCUT2D eigenvalue weighted by atomic mass is 127. The van der Waals surface area contributed by atoms with Gasteiger partial charge in [0.1, 0.15) is 11.6 Å². The average Bonchev–Trinajstić information content (AvgIpc) is 2.55. The van der Waals surface area contributed by atoms with Crippen LogP contribution in [0.2, 0.25) is 0 Å². The van der Waals surface area contributed by atoms with Crippen molar-refractivity contribution in [1.82, 2.24) is 0 Å². The van der Waals surface area contributed by atoms with E-state index < -0.39 is 0 Å². The molecule has 2 rings (SSSR count). The summed E-state index contributed by atoms with van der Waals surface area (Å²) in [5.74, 6) is 1.61. The molecule has 0 unspecified atom stereocenters. The first-order valence-corrected chi connectivity index (χ1v) is 8.49. The summed E-state index contributed by atoms with van der Waals surface area (Å²) in [6.07, 6.45) is 1.98. The van der Waals surface area contributed by atoms with Gasteiger partial charge in [-0.25, -0.2) is 9.38 Å². The Balaban J connectivity index is 0.00000288. The minimum absolute atomic E-state index is 0. The number of rotatable bonds is 6. The molecule has 2 aromatic rings. The van der Waals surface area contributed by atoms with E-state index in [2.05, 4.69) is 10.3 Å². The number of hydrogen-bond donors (Lipinski definition) is 2. The Labute approximate surface area is 163 Å². The summed E-state index contributed by atoms with van der Waals surface area (Å²) in [5, 5.41) is 3.02. The summed E-state index contributed by atoms with van der Waals surface area (Å²) in [6.45, 7) is 0.408. The maximum Gasteiger partial charge on any atom is 0.193 e. The van der Waals surface area contributed by atoms with Crippen LogP contribution in [-0.4, -0.2) is 19.3 Å². The fourth-order valence-corrected chi connectivity index (χ4v) is 2.65. The lowest BCUT2D eigenvalue weighted by Gasteiger charge is -2.09. The predicted octanol–water partition coefficient (Wildman–Crippen LogP) is 4.24. The number of thioether (sulfide) groups is 1. The summed E-state index contributed by atoms with van der Waals surface area (Å²) in [7, 11) is 1.62. The number of ether oxygens (including phenoxy) is 1. The van der Waals surface area contributed by atoms with Crippen LogP contribution in [0.3, 0.4) is 0 Å². The van der Waals surface area contributed by atoms with Gasteiger partial charge >= 0.3 is 0 Å². The summed E-state index contributed by atoms with van der Waals surface area (Å²) >= 11 is 1.64. The molecular formula is C17H21FIN3OS. The minimum atomic E-state index is -0.230. The summed E-state index contributed by atoms with van der Waals surface area (Å²) in [4.78, 5) is 4.33. The third-order valence-electron chi connectivity index (χ3n) is 3.25. The van der Waals surface area contributed by atoms with E-state index in [4.69, 9.17) is 10.5 Å². The summed E-state index contributed by atoms with van der Waals surface area (Å²) < 4.78 is 18.4. The van der Waals surface area contributed by atoms with Gasteiger partial charge in [0.2, 0.25) is 0 Å². The Bertz CT molecular complexity index is 680. The maximum atomic E-state index is 13.3. The van der Waals surface area contributed by atoms with Gasteiger partial charge in [0.05, 0.1) is 13.7 Å². The molecule has 0 spiro atoms. The topological polar surface area (TPSA) is 59.6 Å². The molecule has 0 saturated carbocycles. The van der Waals surface area contributed by atoms with E-state index in [1.807, 2.05) is 30.5 Å². The Morgan fingerprint density at radius 2 is 1.92 bits per heavy atom. The van der Waals surface area contributed by atoms with E-state index in [0.29, 0.717) is 12.5 Å². The van der Waals surface area contributed by atoms with E-state index in [-0.39, 0.29) is 29.8 Å². The van der Waals surface area contributed by atoms with Crippen molar-refractivity contribution >= 4 is 47.4 Å². The third kappa shape index (κ3) is 6.20. The van der Waals surface area contributed by atoms with Crippen molar-refractivity contribution < 1.29 is 9.13 Å². The van der Waals surface area contributed by atoms with Gasteiger partial charge in [0.15, 0.2) is 5.96 Å². The average molecular weight is 461 g/mol. The number of nitrogens with one attached hydrogen (secondary N) is 1. The van der Waals surface area contributed by atoms with Crippen LogP contribution in [-0.2, 0) is 12.3 Å². The lowest BCUT2D eigenvalue weighted by atomic mass is 10.1. The Kier molecular flexibility index (Phi) is 8.91. The molecule has 0 atom stereocenters. The Morgan fingerprint density at radius 1 is 1.21 bits per heavy atom. The minimum Gasteiger partial charge on any atom is -0.497 e. The number of methoxy groups -OCH3 is 1. The Morgan fingerprint density at radius 3 is 2.54 bits per heavy atom. The van der Waals surface area contributed by atoms with Crippen LogP contribution >= 0.6 is 35.7 Å². The van der Waals surface area contributed by atoms with E-state index >= 15 is 0 Å². The van der Waals surface area contributed by atoms with Crippen molar-refractivity contribution in [2.75, 3.05) is 18.7 Å². The molecule has 0 aliphatic carbocycles. The van der Waals surface area contributed by atoms with Crippen LogP contribution in [0.5, 0.6) is 5.75 Å². The van der Waals surface area contributed by atoms with E-state index in [9.17, 15) is 4.39 Å². The molecule has 24 heavy (non-hydrogen) atoms. The van der Waals surface area contributed by atoms with Crippen molar-refractivity contribution in [3.63, 3.8) is 0 Å². The lowest BCUT2D eigenvalue weighted by Crippen LogP contribution is -2.22. The van der Waals surface area contributed by atoms with Crippen LogP contribution in [0, 0.1) is 5.82 Å². The monoisotopic (exact) mass is 461 g/mol. The second-order valence-corrected chi connectivity index (χ2v) is 5.77. The zero-order valence-corrected chi connectivity index (χ0v) is 16.7. The molecule has 0 heterocycles. The molecule has 0 aromatic heterocycles. The first-order chi connectivity index (χ1) is 11.1. The molecular weight excluding hydrogens is 440 g/mol. The second kappa shape index (κ2) is 10.4. The number of nitrogens with two attached hydrogens (primary N) is 1. The van der Waals surface area contributed by atoms with E-state index in [1.54, 1.807) is 31.0 Å². The molecule has 0 radical (unpaired) electrons. The fraction of sp³-hybridized carbons (Fsp3) is 0.235. The second-order valence-electron chi connectivity index (χ2n) is 4.90. The van der Waals surface area contributed by atoms with Gasteiger partial charge in [-0.1, -0.05) is 6.07 Å². The van der Waals surface area contributed by atoms with Gasteiger partial charge in [-0.05, 0) is 53.8 Å². The van der Waals surface area contributed by atoms with Gasteiger partial charge in [0.25, 0.3) is 0 Å². The maximum absolute atomic E-state index is 13.3. The van der Waals surface area contributed by atoms with Crippen molar-refractivity contribution in [2.45, 2.75) is 12.3 Å². The fourth-order valence-electron chi connectivity index (χ4n) is 2.07. The molecule has 4 nitrogen and oxygen atoms in total. The number of guanidine groups is 1. The normalized spacial score (nSPS) is 10.9. The highest BCUT2D eigenvalue weighted by Crippen LogP contribution is 2.18. The molecule has 7 heteroatoms. The van der Waals surface area contributed by atoms with Gasteiger partial charge < -0.3 is 15.8 Å². The SMILES string of the molecule is COc1ccc(NC(N)=NCc2ccc(F)cc2CSC)cc1.I. The molecule has 0 aliphatic heterocycles. The first-order valence-electron chi connectivity index (χ1n) is 7.09. The highest BCUT2D eigenvalue weighted by molar-refractivity contribution is 14.0. The number of benzene rings is 2. The largest absolute Gasteiger partial charge is 0.497 e. The van der Waals surface area contributed by atoms with Crippen LogP contribution in [0.15, 0.2) is 47.5 Å². The molecule has 0 fully saturated rings. The molecule has 0 amide bonds. The van der Waals surface area contributed by atoms with Gasteiger partial charge in [-0.3, -0.25) is 0 Å². The molecule has 0 saturated heterocycles. The third-order valence-corrected chi connectivity index (χ3v) is 3.85. The standard InChI is InChI=1S/C17H20FN3OS.HI/c1-22-16-7-5-15(6-8-16)21-17(19)20-10-12-3-4-14(18)9-13(12)11-23-2;/h3-9H,10-11H2,1-2H3,(H3,19,20,21);1H. The van der Waals surface area contributed by atoms with Gasteiger partial charge in [-0.15, -0.1) is 24.0 Å².